The zero-order valence-electron chi connectivity index (χ0n) is 17.2. The summed E-state index contributed by atoms with van der Waals surface area (Å²) < 4.78 is 32.5. The zero-order valence-corrected chi connectivity index (χ0v) is 19.5. The van der Waals surface area contributed by atoms with E-state index >= 15 is 0 Å². The maximum absolute atomic E-state index is 13.8. The second kappa shape index (κ2) is 12.8. The summed E-state index contributed by atoms with van der Waals surface area (Å²) in [7, 11) is 0. The minimum absolute atomic E-state index is 0. The van der Waals surface area contributed by atoms with Crippen molar-refractivity contribution in [1.82, 2.24) is 15.5 Å². The highest BCUT2D eigenvalue weighted by Gasteiger charge is 2.10. The third-order valence-corrected chi connectivity index (χ3v) is 4.75. The molecule has 2 N–H and O–H groups in total. The van der Waals surface area contributed by atoms with Gasteiger partial charge in [-0.1, -0.05) is 24.3 Å². The predicted octanol–water partition coefficient (Wildman–Crippen LogP) is 3.67. The molecule has 0 saturated carbocycles. The number of ether oxygens (including phenoxy) is 1. The van der Waals surface area contributed by atoms with Crippen molar-refractivity contribution in [1.29, 1.82) is 0 Å². The van der Waals surface area contributed by atoms with E-state index in [-0.39, 0.29) is 36.1 Å². The number of hydrogen-bond donors (Lipinski definition) is 2. The number of guanidine groups is 1. The van der Waals surface area contributed by atoms with Gasteiger partial charge >= 0.3 is 0 Å². The van der Waals surface area contributed by atoms with Crippen LogP contribution in [0.25, 0.3) is 0 Å². The Kier molecular flexibility index (Phi) is 10.5. The Balaban J connectivity index is 0.00000320. The predicted molar refractivity (Wildman–Crippen MR) is 126 cm³/mol. The van der Waals surface area contributed by atoms with Crippen LogP contribution in [0.4, 0.5) is 8.78 Å². The Hall–Kier alpha value is -1.78. The van der Waals surface area contributed by atoms with E-state index < -0.39 is 11.6 Å². The molecule has 5 nitrogen and oxygen atoms in total. The number of nitrogens with one attached hydrogen (secondary N) is 2. The lowest BCUT2D eigenvalue weighted by molar-refractivity contribution is 0.0342. The van der Waals surface area contributed by atoms with Crippen LogP contribution in [0.2, 0.25) is 0 Å². The summed E-state index contributed by atoms with van der Waals surface area (Å²) in [4.78, 5) is 6.93. The minimum Gasteiger partial charge on any atom is -0.379 e. The SMILES string of the molecule is CCNC(=NCc1ccc(CN2CCOCC2)cc1)NCc1cc(F)ccc1F.I. The summed E-state index contributed by atoms with van der Waals surface area (Å²) in [6.45, 7) is 7.75. The number of aliphatic imine (C=N–C) groups is 1. The lowest BCUT2D eigenvalue weighted by atomic mass is 10.1. The number of rotatable bonds is 7. The average molecular weight is 530 g/mol. The van der Waals surface area contributed by atoms with Gasteiger partial charge in [0, 0.05) is 38.3 Å². The number of hydrogen-bond acceptors (Lipinski definition) is 3. The molecule has 0 unspecified atom stereocenters. The van der Waals surface area contributed by atoms with Crippen LogP contribution in [-0.2, 0) is 24.4 Å². The third-order valence-electron chi connectivity index (χ3n) is 4.75. The quantitative estimate of drug-likeness (QED) is 0.326. The molecule has 2 aromatic carbocycles. The van der Waals surface area contributed by atoms with Gasteiger partial charge in [-0.15, -0.1) is 24.0 Å². The molecule has 0 atom stereocenters. The second-order valence-electron chi connectivity index (χ2n) is 6.99. The molecule has 164 valence electrons. The van der Waals surface area contributed by atoms with Crippen molar-refractivity contribution in [3.8, 4) is 0 Å². The van der Waals surface area contributed by atoms with Crippen molar-refractivity contribution in [2.75, 3.05) is 32.8 Å². The van der Waals surface area contributed by atoms with Crippen LogP contribution in [0.3, 0.4) is 0 Å². The fourth-order valence-corrected chi connectivity index (χ4v) is 3.14. The van der Waals surface area contributed by atoms with E-state index in [0.717, 1.165) is 50.5 Å². The summed E-state index contributed by atoms with van der Waals surface area (Å²) in [5.74, 6) is -0.332. The summed E-state index contributed by atoms with van der Waals surface area (Å²) in [5.41, 5.74) is 2.62. The molecule has 1 aliphatic rings. The van der Waals surface area contributed by atoms with Gasteiger partial charge in [0.05, 0.1) is 19.8 Å². The fourth-order valence-electron chi connectivity index (χ4n) is 3.14. The van der Waals surface area contributed by atoms with Crippen LogP contribution in [-0.4, -0.2) is 43.7 Å². The Bertz CT molecular complexity index is 811. The molecule has 1 heterocycles. The van der Waals surface area contributed by atoms with E-state index in [0.29, 0.717) is 19.0 Å². The monoisotopic (exact) mass is 530 g/mol. The van der Waals surface area contributed by atoms with E-state index in [1.165, 1.54) is 11.6 Å². The van der Waals surface area contributed by atoms with Gasteiger partial charge in [-0.3, -0.25) is 4.90 Å². The number of halogens is 3. The van der Waals surface area contributed by atoms with E-state index in [1.54, 1.807) is 0 Å². The van der Waals surface area contributed by atoms with Gasteiger partial charge < -0.3 is 15.4 Å². The first-order valence-corrected chi connectivity index (χ1v) is 9.98. The maximum Gasteiger partial charge on any atom is 0.191 e. The molecule has 3 rings (SSSR count). The van der Waals surface area contributed by atoms with Crippen LogP contribution in [0, 0.1) is 11.6 Å². The topological polar surface area (TPSA) is 48.9 Å². The summed E-state index contributed by atoms with van der Waals surface area (Å²) in [5, 5.41) is 6.18. The second-order valence-corrected chi connectivity index (χ2v) is 6.99. The largest absolute Gasteiger partial charge is 0.379 e. The molecule has 0 spiro atoms. The van der Waals surface area contributed by atoms with Crippen molar-refractivity contribution in [3.63, 3.8) is 0 Å². The van der Waals surface area contributed by atoms with Crippen molar-refractivity contribution < 1.29 is 13.5 Å². The molecule has 0 aromatic heterocycles. The molecule has 30 heavy (non-hydrogen) atoms. The zero-order chi connectivity index (χ0) is 20.5. The Morgan fingerprint density at radius 3 is 2.43 bits per heavy atom. The van der Waals surface area contributed by atoms with Crippen LogP contribution < -0.4 is 10.6 Å². The van der Waals surface area contributed by atoms with Crippen molar-refractivity contribution in [3.05, 3.63) is 70.8 Å². The van der Waals surface area contributed by atoms with E-state index in [2.05, 4.69) is 44.8 Å². The first-order chi connectivity index (χ1) is 14.1. The molecule has 1 fully saturated rings. The molecule has 0 aliphatic carbocycles. The number of nitrogens with zero attached hydrogens (tertiary/aromatic N) is 2. The van der Waals surface area contributed by atoms with E-state index in [4.69, 9.17) is 4.74 Å². The number of morpholine rings is 1. The first-order valence-electron chi connectivity index (χ1n) is 9.98. The van der Waals surface area contributed by atoms with Crippen molar-refractivity contribution in [2.24, 2.45) is 4.99 Å². The van der Waals surface area contributed by atoms with Gasteiger partial charge in [-0.2, -0.15) is 0 Å². The molecule has 0 radical (unpaired) electrons. The van der Waals surface area contributed by atoms with Gasteiger partial charge in [-0.05, 0) is 36.2 Å². The smallest absolute Gasteiger partial charge is 0.191 e. The van der Waals surface area contributed by atoms with Crippen molar-refractivity contribution in [2.45, 2.75) is 26.6 Å². The summed E-state index contributed by atoms with van der Waals surface area (Å²) in [6, 6.07) is 11.9. The molecule has 2 aromatic rings. The Labute approximate surface area is 193 Å². The lowest BCUT2D eigenvalue weighted by Crippen LogP contribution is -2.37. The van der Waals surface area contributed by atoms with Crippen LogP contribution >= 0.6 is 24.0 Å². The average Bonchev–Trinajstić information content (AvgIpc) is 2.74. The normalized spacial score (nSPS) is 14.8. The van der Waals surface area contributed by atoms with Crippen LogP contribution in [0.5, 0.6) is 0 Å². The van der Waals surface area contributed by atoms with E-state index in [9.17, 15) is 8.78 Å². The van der Waals surface area contributed by atoms with Crippen molar-refractivity contribution >= 4 is 29.9 Å². The summed E-state index contributed by atoms with van der Waals surface area (Å²) in [6.07, 6.45) is 0. The molecule has 0 bridgehead atoms. The summed E-state index contributed by atoms with van der Waals surface area (Å²) >= 11 is 0. The van der Waals surface area contributed by atoms with Gasteiger partial charge in [0.25, 0.3) is 0 Å². The Morgan fingerprint density at radius 1 is 1.03 bits per heavy atom. The third kappa shape index (κ3) is 7.81. The molecule has 1 saturated heterocycles. The van der Waals surface area contributed by atoms with Gasteiger partial charge in [0.2, 0.25) is 0 Å². The maximum atomic E-state index is 13.8. The minimum atomic E-state index is -0.456. The molecular formula is C22H29F2IN4O. The van der Waals surface area contributed by atoms with Crippen LogP contribution in [0.15, 0.2) is 47.5 Å². The number of benzene rings is 2. The molecule has 8 heteroatoms. The molecule has 1 aliphatic heterocycles. The van der Waals surface area contributed by atoms with Gasteiger partial charge in [0.1, 0.15) is 11.6 Å². The molecule has 0 amide bonds. The van der Waals surface area contributed by atoms with Crippen LogP contribution in [0.1, 0.15) is 23.6 Å². The fraction of sp³-hybridized carbons (Fsp3) is 0.409. The standard InChI is InChI=1S/C22H28F2N4O.HI/c1-2-25-22(27-15-19-13-20(23)7-8-21(19)24)26-14-17-3-5-18(6-4-17)16-28-9-11-29-12-10-28;/h3-8,13H,2,9-12,14-16H2,1H3,(H2,25,26,27);1H. The highest BCUT2D eigenvalue weighted by atomic mass is 127. The van der Waals surface area contributed by atoms with Gasteiger partial charge in [0.15, 0.2) is 5.96 Å². The highest BCUT2D eigenvalue weighted by Crippen LogP contribution is 2.11. The van der Waals surface area contributed by atoms with E-state index in [1.807, 2.05) is 6.92 Å². The Morgan fingerprint density at radius 2 is 1.73 bits per heavy atom. The van der Waals surface area contributed by atoms with Gasteiger partial charge in [-0.25, -0.2) is 13.8 Å². The first kappa shape index (κ1) is 24.5. The lowest BCUT2D eigenvalue weighted by Gasteiger charge is -2.26. The highest BCUT2D eigenvalue weighted by molar-refractivity contribution is 14.0. The molecular weight excluding hydrogens is 501 g/mol.